The maximum atomic E-state index is 6.42. The van der Waals surface area contributed by atoms with Crippen LogP contribution in [0.15, 0.2) is 42.7 Å². The van der Waals surface area contributed by atoms with Gasteiger partial charge >= 0.3 is 0 Å². The molecule has 204 valence electrons. The number of benzene rings is 3. The van der Waals surface area contributed by atoms with Crippen LogP contribution in [-0.2, 0) is 4.74 Å². The van der Waals surface area contributed by atoms with Crippen LogP contribution in [0.3, 0.4) is 0 Å². The topological polar surface area (TPSA) is 78.0 Å². The van der Waals surface area contributed by atoms with Gasteiger partial charge in [0.1, 0.15) is 24.5 Å². The van der Waals surface area contributed by atoms with Crippen molar-refractivity contribution in [3.63, 3.8) is 0 Å². The minimum absolute atomic E-state index is 0. The maximum absolute atomic E-state index is 6.42. The Morgan fingerprint density at radius 2 is 1.58 bits per heavy atom. The van der Waals surface area contributed by atoms with Crippen molar-refractivity contribution in [3.8, 4) is 17.2 Å². The first kappa shape index (κ1) is 30.1. The molecule has 0 radical (unpaired) electrons. The monoisotopic (exact) mass is 600 g/mol. The number of morpholine rings is 1. The standard InChI is InChI=1S/C26H26Cl2N4O4.2ClH/c1-33-23-14-22(19(27)13-20(23)28)31-26-18-9-16-11-24(34-2)25(12-17(16)10-21(18)29-15-30-26)36-8-5-32-3-6-35-7-4-32;;/h9-15H,3-8H2,1-2H3,(H,29,30,31);2*1H. The lowest BCUT2D eigenvalue weighted by Gasteiger charge is -2.26. The van der Waals surface area contributed by atoms with Crippen molar-refractivity contribution in [2.24, 2.45) is 0 Å². The molecule has 38 heavy (non-hydrogen) atoms. The summed E-state index contributed by atoms with van der Waals surface area (Å²) in [4.78, 5) is 11.3. The minimum Gasteiger partial charge on any atom is -0.495 e. The summed E-state index contributed by atoms with van der Waals surface area (Å²) >= 11 is 12.6. The van der Waals surface area contributed by atoms with Crippen LogP contribution in [-0.4, -0.2) is 68.5 Å². The molecule has 1 aliphatic heterocycles. The zero-order valence-electron chi connectivity index (χ0n) is 20.8. The number of nitrogens with one attached hydrogen (secondary N) is 1. The van der Waals surface area contributed by atoms with Gasteiger partial charge in [-0.3, -0.25) is 4.90 Å². The van der Waals surface area contributed by atoms with Gasteiger partial charge in [-0.05, 0) is 41.1 Å². The molecule has 1 saturated heterocycles. The average Bonchev–Trinajstić information content (AvgIpc) is 2.89. The lowest BCUT2D eigenvalue weighted by atomic mass is 10.1. The Kier molecular flexibility index (Phi) is 10.7. The summed E-state index contributed by atoms with van der Waals surface area (Å²) < 4.78 is 22.5. The van der Waals surface area contributed by atoms with Gasteiger partial charge in [0.25, 0.3) is 0 Å². The second kappa shape index (κ2) is 13.6. The molecule has 1 N–H and O–H groups in total. The molecule has 3 aromatic carbocycles. The molecule has 2 heterocycles. The molecule has 4 aromatic rings. The third-order valence-corrected chi connectivity index (χ3v) is 6.75. The number of rotatable bonds is 8. The van der Waals surface area contributed by atoms with Crippen LogP contribution in [0.2, 0.25) is 10.0 Å². The van der Waals surface area contributed by atoms with E-state index >= 15 is 0 Å². The van der Waals surface area contributed by atoms with Gasteiger partial charge in [0.15, 0.2) is 11.5 Å². The SMILES string of the molecule is COc1cc(Nc2ncnc3cc4cc(OCCN5CCOCC5)c(OC)cc4cc23)c(Cl)cc1Cl.Cl.Cl. The Bertz CT molecular complexity index is 1400. The normalized spacial score (nSPS) is 13.5. The molecule has 0 spiro atoms. The highest BCUT2D eigenvalue weighted by atomic mass is 35.5. The van der Waals surface area contributed by atoms with Crippen molar-refractivity contribution >= 4 is 81.2 Å². The van der Waals surface area contributed by atoms with Gasteiger partial charge in [-0.1, -0.05) is 23.2 Å². The zero-order chi connectivity index (χ0) is 25.1. The average molecular weight is 602 g/mol. The Labute approximate surface area is 243 Å². The van der Waals surface area contributed by atoms with Crippen LogP contribution in [0.4, 0.5) is 11.5 Å². The van der Waals surface area contributed by atoms with Gasteiger partial charge in [0.05, 0.1) is 48.7 Å². The second-order valence-electron chi connectivity index (χ2n) is 8.34. The van der Waals surface area contributed by atoms with E-state index in [1.165, 1.54) is 6.33 Å². The number of ether oxygens (including phenoxy) is 4. The van der Waals surface area contributed by atoms with Gasteiger partial charge in [-0.25, -0.2) is 9.97 Å². The number of fused-ring (bicyclic) bond motifs is 2. The highest BCUT2D eigenvalue weighted by Crippen LogP contribution is 2.38. The Morgan fingerprint density at radius 1 is 0.868 bits per heavy atom. The molecule has 5 rings (SSSR count). The first-order chi connectivity index (χ1) is 17.6. The summed E-state index contributed by atoms with van der Waals surface area (Å²) in [7, 11) is 3.20. The van der Waals surface area contributed by atoms with Crippen LogP contribution in [0.25, 0.3) is 21.7 Å². The van der Waals surface area contributed by atoms with Gasteiger partial charge in [-0.15, -0.1) is 24.8 Å². The highest BCUT2D eigenvalue weighted by molar-refractivity contribution is 6.37. The molecule has 1 aromatic heterocycles. The van der Waals surface area contributed by atoms with Crippen molar-refractivity contribution in [1.29, 1.82) is 0 Å². The quantitative estimate of drug-likeness (QED) is 0.232. The maximum Gasteiger partial charge on any atom is 0.161 e. The number of hydrogen-bond acceptors (Lipinski definition) is 8. The summed E-state index contributed by atoms with van der Waals surface area (Å²) in [5.41, 5.74) is 1.40. The summed E-state index contributed by atoms with van der Waals surface area (Å²) in [5, 5.41) is 6.96. The molecule has 1 aliphatic rings. The van der Waals surface area contributed by atoms with Crippen LogP contribution in [0.1, 0.15) is 0 Å². The number of nitrogens with zero attached hydrogens (tertiary/aromatic N) is 3. The van der Waals surface area contributed by atoms with Gasteiger partial charge in [-0.2, -0.15) is 0 Å². The lowest BCUT2D eigenvalue weighted by Crippen LogP contribution is -2.38. The van der Waals surface area contributed by atoms with Crippen molar-refractivity contribution in [1.82, 2.24) is 14.9 Å². The fourth-order valence-corrected chi connectivity index (χ4v) is 4.71. The van der Waals surface area contributed by atoms with Crippen LogP contribution in [0, 0.1) is 0 Å². The van der Waals surface area contributed by atoms with E-state index in [9.17, 15) is 0 Å². The Balaban J connectivity index is 0.00000200. The van der Waals surface area contributed by atoms with Crippen LogP contribution in [0.5, 0.6) is 17.2 Å². The Hall–Kier alpha value is -2.46. The van der Waals surface area contributed by atoms with E-state index in [0.29, 0.717) is 45.4 Å². The lowest BCUT2D eigenvalue weighted by molar-refractivity contribution is 0.0321. The van der Waals surface area contributed by atoms with Gasteiger partial charge in [0, 0.05) is 31.1 Å². The number of halogens is 4. The minimum atomic E-state index is 0. The molecule has 0 unspecified atom stereocenters. The molecule has 0 amide bonds. The zero-order valence-corrected chi connectivity index (χ0v) is 24.0. The van der Waals surface area contributed by atoms with E-state index in [1.807, 2.05) is 24.3 Å². The number of hydrogen-bond donors (Lipinski definition) is 1. The summed E-state index contributed by atoms with van der Waals surface area (Å²) in [6.45, 7) is 4.79. The van der Waals surface area contributed by atoms with E-state index < -0.39 is 0 Å². The second-order valence-corrected chi connectivity index (χ2v) is 9.15. The van der Waals surface area contributed by atoms with Gasteiger partial charge in [0.2, 0.25) is 0 Å². The van der Waals surface area contributed by atoms with Crippen molar-refractivity contribution in [2.45, 2.75) is 0 Å². The largest absolute Gasteiger partial charge is 0.495 e. The fraction of sp³-hybridized carbons (Fsp3) is 0.308. The third kappa shape index (κ3) is 6.57. The molecular weight excluding hydrogens is 574 g/mol. The molecule has 0 saturated carbocycles. The first-order valence-electron chi connectivity index (χ1n) is 11.5. The molecule has 1 fully saturated rings. The summed E-state index contributed by atoms with van der Waals surface area (Å²) in [5.74, 6) is 2.49. The summed E-state index contributed by atoms with van der Waals surface area (Å²) in [6, 6.07) is 11.4. The van der Waals surface area contributed by atoms with E-state index in [-0.39, 0.29) is 24.8 Å². The van der Waals surface area contributed by atoms with Crippen LogP contribution >= 0.6 is 48.0 Å². The van der Waals surface area contributed by atoms with Crippen molar-refractivity contribution in [3.05, 3.63) is 52.8 Å². The predicted octanol–water partition coefficient (Wildman–Crippen LogP) is 6.41. The van der Waals surface area contributed by atoms with E-state index in [1.54, 1.807) is 26.4 Å². The molecule has 0 aliphatic carbocycles. The van der Waals surface area contributed by atoms with Crippen molar-refractivity contribution in [2.75, 3.05) is 59.0 Å². The van der Waals surface area contributed by atoms with Crippen molar-refractivity contribution < 1.29 is 18.9 Å². The Morgan fingerprint density at radius 3 is 2.32 bits per heavy atom. The number of anilines is 2. The fourth-order valence-electron chi connectivity index (χ4n) is 4.20. The predicted molar refractivity (Wildman–Crippen MR) is 157 cm³/mol. The van der Waals surface area contributed by atoms with E-state index in [0.717, 1.165) is 54.5 Å². The third-order valence-electron chi connectivity index (χ3n) is 6.14. The van der Waals surface area contributed by atoms with Gasteiger partial charge < -0.3 is 24.3 Å². The van der Waals surface area contributed by atoms with E-state index in [4.69, 9.17) is 42.1 Å². The number of methoxy groups -OCH3 is 2. The summed E-state index contributed by atoms with van der Waals surface area (Å²) in [6.07, 6.45) is 1.51. The first-order valence-corrected chi connectivity index (χ1v) is 12.3. The number of aromatic nitrogens is 2. The molecule has 8 nitrogen and oxygen atoms in total. The molecule has 0 bridgehead atoms. The molecule has 12 heteroatoms. The highest BCUT2D eigenvalue weighted by Gasteiger charge is 2.15. The van der Waals surface area contributed by atoms with E-state index in [2.05, 4.69) is 20.2 Å². The molecular formula is C26H28Cl4N4O4. The van der Waals surface area contributed by atoms with Crippen LogP contribution < -0.4 is 19.5 Å². The smallest absolute Gasteiger partial charge is 0.161 e. The molecule has 0 atom stereocenters.